The van der Waals surface area contributed by atoms with E-state index in [0.29, 0.717) is 31.6 Å². The second-order valence-corrected chi connectivity index (χ2v) is 7.06. The zero-order valence-electron chi connectivity index (χ0n) is 12.1. The van der Waals surface area contributed by atoms with Crippen LogP contribution in [0.1, 0.15) is 40.5 Å². The Bertz CT molecular complexity index is 294. The van der Waals surface area contributed by atoms with Crippen LogP contribution in [0.25, 0.3) is 0 Å². The molecule has 0 amide bonds. The van der Waals surface area contributed by atoms with Crippen LogP contribution < -0.4 is 10.5 Å². The van der Waals surface area contributed by atoms with E-state index in [1.165, 1.54) is 0 Å². The molecular formula is C12H29N3O2S. The van der Waals surface area contributed by atoms with Gasteiger partial charge in [0.2, 0.25) is 10.0 Å². The third-order valence-corrected chi connectivity index (χ3v) is 4.36. The zero-order valence-corrected chi connectivity index (χ0v) is 13.0. The van der Waals surface area contributed by atoms with Crippen molar-refractivity contribution >= 4 is 10.0 Å². The van der Waals surface area contributed by atoms with Crippen molar-refractivity contribution in [2.24, 2.45) is 5.73 Å². The molecule has 6 heteroatoms. The van der Waals surface area contributed by atoms with Gasteiger partial charge in [-0.2, -0.15) is 0 Å². The Labute approximate surface area is 112 Å². The molecule has 0 aromatic heterocycles. The van der Waals surface area contributed by atoms with E-state index in [0.717, 1.165) is 13.0 Å². The maximum atomic E-state index is 11.7. The van der Waals surface area contributed by atoms with E-state index in [9.17, 15) is 8.42 Å². The minimum atomic E-state index is -3.13. The van der Waals surface area contributed by atoms with Gasteiger partial charge in [-0.3, -0.25) is 4.90 Å². The van der Waals surface area contributed by atoms with Gasteiger partial charge in [0, 0.05) is 25.2 Å². The Morgan fingerprint density at radius 3 is 2.11 bits per heavy atom. The summed E-state index contributed by atoms with van der Waals surface area (Å²) in [4.78, 5) is 2.27. The fraction of sp³-hybridized carbons (Fsp3) is 1.00. The Balaban J connectivity index is 4.01. The molecule has 5 nitrogen and oxygen atoms in total. The van der Waals surface area contributed by atoms with Gasteiger partial charge in [-0.05, 0) is 47.1 Å². The molecule has 0 radical (unpaired) electrons. The topological polar surface area (TPSA) is 75.4 Å². The molecule has 110 valence electrons. The lowest BCUT2D eigenvalue weighted by molar-refractivity contribution is 0.179. The molecule has 0 aliphatic rings. The molecule has 0 aliphatic carbocycles. The summed E-state index contributed by atoms with van der Waals surface area (Å²) in [6.07, 6.45) is 1.38. The Morgan fingerprint density at radius 2 is 1.67 bits per heavy atom. The molecule has 0 saturated heterocycles. The normalized spacial score (nSPS) is 12.9. The molecule has 0 aromatic rings. The average molecular weight is 279 g/mol. The quantitative estimate of drug-likeness (QED) is 0.579. The van der Waals surface area contributed by atoms with Crippen molar-refractivity contribution in [3.63, 3.8) is 0 Å². The van der Waals surface area contributed by atoms with Crippen LogP contribution in [0.5, 0.6) is 0 Å². The summed E-state index contributed by atoms with van der Waals surface area (Å²) >= 11 is 0. The third-order valence-electron chi connectivity index (χ3n) is 2.89. The van der Waals surface area contributed by atoms with E-state index < -0.39 is 10.0 Å². The third kappa shape index (κ3) is 8.02. The molecule has 0 fully saturated rings. The predicted octanol–water partition coefficient (Wildman–Crippen LogP) is 0.764. The van der Waals surface area contributed by atoms with E-state index in [2.05, 4.69) is 37.3 Å². The van der Waals surface area contributed by atoms with Gasteiger partial charge in [-0.25, -0.2) is 13.1 Å². The van der Waals surface area contributed by atoms with Crippen LogP contribution in [-0.4, -0.2) is 50.8 Å². The van der Waals surface area contributed by atoms with Crippen molar-refractivity contribution in [2.45, 2.75) is 52.6 Å². The summed E-state index contributed by atoms with van der Waals surface area (Å²) < 4.78 is 26.0. The summed E-state index contributed by atoms with van der Waals surface area (Å²) in [6, 6.07) is 0.846. The SMILES string of the molecule is CC(C)N(CCNS(=O)(=O)CCCCN)C(C)C. The van der Waals surface area contributed by atoms with Gasteiger partial charge in [0.25, 0.3) is 0 Å². The van der Waals surface area contributed by atoms with Crippen LogP contribution in [0, 0.1) is 0 Å². The number of nitrogens with two attached hydrogens (primary N) is 1. The predicted molar refractivity (Wildman–Crippen MR) is 77.1 cm³/mol. The van der Waals surface area contributed by atoms with Crippen LogP contribution >= 0.6 is 0 Å². The molecule has 0 bridgehead atoms. The highest BCUT2D eigenvalue weighted by atomic mass is 32.2. The van der Waals surface area contributed by atoms with Gasteiger partial charge in [0.15, 0.2) is 0 Å². The van der Waals surface area contributed by atoms with E-state index in [1.54, 1.807) is 0 Å². The maximum absolute atomic E-state index is 11.7. The Hall–Kier alpha value is -0.170. The van der Waals surface area contributed by atoms with Crippen molar-refractivity contribution in [2.75, 3.05) is 25.4 Å². The number of nitrogens with one attached hydrogen (secondary N) is 1. The minimum absolute atomic E-state index is 0.174. The van der Waals surface area contributed by atoms with Crippen molar-refractivity contribution in [1.82, 2.24) is 9.62 Å². The van der Waals surface area contributed by atoms with Crippen molar-refractivity contribution in [1.29, 1.82) is 0 Å². The monoisotopic (exact) mass is 279 g/mol. The molecule has 0 aromatic carbocycles. The van der Waals surface area contributed by atoms with Crippen LogP contribution in [0.2, 0.25) is 0 Å². The first-order chi connectivity index (χ1) is 8.30. The molecule has 0 atom stereocenters. The van der Waals surface area contributed by atoms with Crippen LogP contribution in [-0.2, 0) is 10.0 Å². The number of hydrogen-bond acceptors (Lipinski definition) is 4. The number of sulfonamides is 1. The first-order valence-electron chi connectivity index (χ1n) is 6.73. The molecule has 0 aliphatic heterocycles. The number of unbranched alkanes of at least 4 members (excludes halogenated alkanes) is 1. The van der Waals surface area contributed by atoms with Gasteiger partial charge in [0.1, 0.15) is 0 Å². The highest BCUT2D eigenvalue weighted by molar-refractivity contribution is 7.89. The highest BCUT2D eigenvalue weighted by Gasteiger charge is 2.14. The Morgan fingerprint density at radius 1 is 1.11 bits per heavy atom. The van der Waals surface area contributed by atoms with Crippen LogP contribution in [0.3, 0.4) is 0 Å². The zero-order chi connectivity index (χ0) is 14.2. The lowest BCUT2D eigenvalue weighted by Gasteiger charge is -2.30. The summed E-state index contributed by atoms with van der Waals surface area (Å²) in [5.74, 6) is 0.174. The molecule has 0 spiro atoms. The van der Waals surface area contributed by atoms with Crippen molar-refractivity contribution < 1.29 is 8.42 Å². The average Bonchev–Trinajstić information content (AvgIpc) is 2.23. The van der Waals surface area contributed by atoms with Crippen molar-refractivity contribution in [3.8, 4) is 0 Å². The van der Waals surface area contributed by atoms with Crippen LogP contribution in [0.4, 0.5) is 0 Å². The fourth-order valence-electron chi connectivity index (χ4n) is 1.95. The maximum Gasteiger partial charge on any atom is 0.211 e. The molecule has 18 heavy (non-hydrogen) atoms. The molecular weight excluding hydrogens is 250 g/mol. The number of hydrogen-bond donors (Lipinski definition) is 2. The lowest BCUT2D eigenvalue weighted by Crippen LogP contribution is -2.42. The summed E-state index contributed by atoms with van der Waals surface area (Å²) in [5.41, 5.74) is 5.34. The second kappa shape index (κ2) is 8.85. The summed E-state index contributed by atoms with van der Waals surface area (Å²) in [5, 5.41) is 0. The first kappa shape index (κ1) is 17.8. The van der Waals surface area contributed by atoms with Gasteiger partial charge < -0.3 is 5.73 Å². The Kier molecular flexibility index (Phi) is 8.77. The first-order valence-corrected chi connectivity index (χ1v) is 8.38. The van der Waals surface area contributed by atoms with Crippen LogP contribution in [0.15, 0.2) is 0 Å². The van der Waals surface area contributed by atoms with Gasteiger partial charge in [-0.1, -0.05) is 0 Å². The number of nitrogens with zero attached hydrogens (tertiary/aromatic N) is 1. The second-order valence-electron chi connectivity index (χ2n) is 5.13. The van der Waals surface area contributed by atoms with Crippen molar-refractivity contribution in [3.05, 3.63) is 0 Å². The smallest absolute Gasteiger partial charge is 0.211 e. The van der Waals surface area contributed by atoms with E-state index in [-0.39, 0.29) is 5.75 Å². The fourth-order valence-corrected chi connectivity index (χ4v) is 3.08. The molecule has 0 heterocycles. The highest BCUT2D eigenvalue weighted by Crippen LogP contribution is 2.03. The largest absolute Gasteiger partial charge is 0.330 e. The summed E-state index contributed by atoms with van der Waals surface area (Å²) in [6.45, 7) is 10.2. The molecule has 0 unspecified atom stereocenters. The molecule has 0 rings (SSSR count). The van der Waals surface area contributed by atoms with Gasteiger partial charge >= 0.3 is 0 Å². The van der Waals surface area contributed by atoms with E-state index in [1.807, 2.05) is 0 Å². The molecule has 0 saturated carbocycles. The molecule has 3 N–H and O–H groups in total. The minimum Gasteiger partial charge on any atom is -0.330 e. The van der Waals surface area contributed by atoms with Gasteiger partial charge in [0.05, 0.1) is 5.75 Å². The standard InChI is InChI=1S/C12H29N3O2S/c1-11(2)15(12(3)4)9-8-14-18(16,17)10-6-5-7-13/h11-12,14H,5-10,13H2,1-4H3. The van der Waals surface area contributed by atoms with Gasteiger partial charge in [-0.15, -0.1) is 0 Å². The lowest BCUT2D eigenvalue weighted by atomic mass is 10.2. The van der Waals surface area contributed by atoms with E-state index >= 15 is 0 Å². The number of rotatable bonds is 10. The summed E-state index contributed by atoms with van der Waals surface area (Å²) in [7, 11) is -3.13. The van der Waals surface area contributed by atoms with E-state index in [4.69, 9.17) is 5.73 Å².